The molecule has 0 saturated heterocycles. The van der Waals surface area contributed by atoms with Crippen LogP contribution in [0.3, 0.4) is 0 Å². The number of nitrogens with one attached hydrogen (secondary N) is 2. The van der Waals surface area contributed by atoms with Crippen molar-refractivity contribution in [3.63, 3.8) is 0 Å². The molecule has 24 heavy (non-hydrogen) atoms. The largest absolute Gasteiger partial charge is 0.481 e. The van der Waals surface area contributed by atoms with Gasteiger partial charge in [-0.1, -0.05) is 29.8 Å². The van der Waals surface area contributed by atoms with Crippen LogP contribution in [0, 0.1) is 6.92 Å². The number of aromatic nitrogens is 2. The number of imidazole rings is 1. The van der Waals surface area contributed by atoms with E-state index in [1.165, 1.54) is 0 Å². The highest BCUT2D eigenvalue weighted by molar-refractivity contribution is 5.81. The third-order valence-corrected chi connectivity index (χ3v) is 3.88. The van der Waals surface area contributed by atoms with E-state index in [-0.39, 0.29) is 11.9 Å². The molecule has 0 aliphatic carbocycles. The summed E-state index contributed by atoms with van der Waals surface area (Å²) in [4.78, 5) is 20.1. The number of amides is 1. The smallest absolute Gasteiger partial charge is 0.261 e. The second-order valence-electron chi connectivity index (χ2n) is 5.94. The third-order valence-electron chi connectivity index (χ3n) is 3.88. The number of hydrogen-bond acceptors (Lipinski definition) is 3. The number of aromatic amines is 1. The van der Waals surface area contributed by atoms with Crippen LogP contribution >= 0.6 is 0 Å². The van der Waals surface area contributed by atoms with Crippen LogP contribution in [0.25, 0.3) is 11.0 Å². The number of rotatable bonds is 5. The first-order chi connectivity index (χ1) is 11.5. The number of benzene rings is 2. The van der Waals surface area contributed by atoms with Crippen molar-refractivity contribution in [3.05, 3.63) is 59.9 Å². The first-order valence-corrected chi connectivity index (χ1v) is 8.01. The van der Waals surface area contributed by atoms with Gasteiger partial charge in [0, 0.05) is 0 Å². The van der Waals surface area contributed by atoms with Gasteiger partial charge in [-0.05, 0) is 45.0 Å². The molecule has 5 heteroatoms. The molecule has 0 spiro atoms. The minimum atomic E-state index is -0.584. The highest BCUT2D eigenvalue weighted by Crippen LogP contribution is 2.17. The van der Waals surface area contributed by atoms with E-state index in [1.807, 2.05) is 62.4 Å². The summed E-state index contributed by atoms with van der Waals surface area (Å²) in [5, 5.41) is 2.93. The van der Waals surface area contributed by atoms with Crippen LogP contribution in [0.1, 0.15) is 31.3 Å². The Morgan fingerprint density at radius 2 is 1.83 bits per heavy atom. The van der Waals surface area contributed by atoms with Gasteiger partial charge in [-0.3, -0.25) is 4.79 Å². The fourth-order valence-corrected chi connectivity index (χ4v) is 2.45. The average molecular weight is 323 g/mol. The van der Waals surface area contributed by atoms with E-state index in [9.17, 15) is 4.79 Å². The molecular formula is C19H21N3O2. The van der Waals surface area contributed by atoms with Crippen molar-refractivity contribution in [2.45, 2.75) is 32.9 Å². The van der Waals surface area contributed by atoms with Crippen molar-refractivity contribution >= 4 is 16.9 Å². The van der Waals surface area contributed by atoms with E-state index in [0.717, 1.165) is 22.4 Å². The van der Waals surface area contributed by atoms with Gasteiger partial charge in [-0.25, -0.2) is 4.98 Å². The van der Waals surface area contributed by atoms with Gasteiger partial charge in [0.1, 0.15) is 11.6 Å². The maximum Gasteiger partial charge on any atom is 0.261 e. The van der Waals surface area contributed by atoms with Crippen LogP contribution in [-0.2, 0) is 4.79 Å². The molecule has 1 amide bonds. The van der Waals surface area contributed by atoms with Crippen molar-refractivity contribution in [3.8, 4) is 5.75 Å². The number of fused-ring (bicyclic) bond motifs is 1. The molecule has 1 heterocycles. The topological polar surface area (TPSA) is 67.0 Å². The number of carbonyl (C=O) groups is 1. The highest BCUT2D eigenvalue weighted by Gasteiger charge is 2.19. The number of para-hydroxylation sites is 2. The lowest BCUT2D eigenvalue weighted by atomic mass is 10.2. The lowest BCUT2D eigenvalue weighted by Crippen LogP contribution is -2.38. The van der Waals surface area contributed by atoms with Crippen molar-refractivity contribution in [2.75, 3.05) is 0 Å². The van der Waals surface area contributed by atoms with Crippen molar-refractivity contribution in [2.24, 2.45) is 0 Å². The Hall–Kier alpha value is -2.82. The standard InChI is InChI=1S/C19H21N3O2/c1-12-8-10-15(11-9-12)24-14(3)19(23)20-13(2)18-21-16-6-4-5-7-17(16)22-18/h4-11,13-14H,1-3H3,(H,20,23)(H,21,22)/t13-,14?/m0/s1. The molecule has 3 aromatic rings. The summed E-state index contributed by atoms with van der Waals surface area (Å²) in [7, 11) is 0. The van der Waals surface area contributed by atoms with Gasteiger partial charge in [0.2, 0.25) is 0 Å². The van der Waals surface area contributed by atoms with E-state index in [1.54, 1.807) is 6.92 Å². The van der Waals surface area contributed by atoms with Crippen LogP contribution < -0.4 is 10.1 Å². The van der Waals surface area contributed by atoms with Crippen molar-refractivity contribution < 1.29 is 9.53 Å². The molecule has 0 radical (unpaired) electrons. The summed E-state index contributed by atoms with van der Waals surface area (Å²) in [5.74, 6) is 1.23. The molecule has 0 aliphatic heterocycles. The van der Waals surface area contributed by atoms with Crippen molar-refractivity contribution in [1.29, 1.82) is 0 Å². The number of H-pyrrole nitrogens is 1. The monoisotopic (exact) mass is 323 g/mol. The summed E-state index contributed by atoms with van der Waals surface area (Å²) < 4.78 is 5.68. The molecule has 124 valence electrons. The molecule has 3 rings (SSSR count). The van der Waals surface area contributed by atoms with Gasteiger partial charge in [0.15, 0.2) is 6.10 Å². The number of ether oxygens (including phenoxy) is 1. The Bertz CT molecular complexity index is 806. The second-order valence-corrected chi connectivity index (χ2v) is 5.94. The molecule has 0 fully saturated rings. The van der Waals surface area contributed by atoms with Gasteiger partial charge in [-0.2, -0.15) is 0 Å². The summed E-state index contributed by atoms with van der Waals surface area (Å²) in [6.07, 6.45) is -0.584. The number of hydrogen-bond donors (Lipinski definition) is 2. The van der Waals surface area contributed by atoms with Crippen LogP contribution in [0.5, 0.6) is 5.75 Å². The minimum Gasteiger partial charge on any atom is -0.481 e. The maximum absolute atomic E-state index is 12.3. The highest BCUT2D eigenvalue weighted by atomic mass is 16.5. The van der Waals surface area contributed by atoms with E-state index in [4.69, 9.17) is 4.74 Å². The van der Waals surface area contributed by atoms with E-state index < -0.39 is 6.10 Å². The fraction of sp³-hybridized carbons (Fsp3) is 0.263. The quantitative estimate of drug-likeness (QED) is 0.755. The number of carbonyl (C=O) groups excluding carboxylic acids is 1. The summed E-state index contributed by atoms with van der Waals surface area (Å²) in [6.45, 7) is 5.64. The van der Waals surface area contributed by atoms with Gasteiger partial charge < -0.3 is 15.0 Å². The Labute approximate surface area is 141 Å². The van der Waals surface area contributed by atoms with E-state index >= 15 is 0 Å². The zero-order chi connectivity index (χ0) is 17.1. The molecule has 2 aromatic carbocycles. The zero-order valence-electron chi connectivity index (χ0n) is 14.0. The predicted molar refractivity (Wildman–Crippen MR) is 93.9 cm³/mol. The average Bonchev–Trinajstić information content (AvgIpc) is 3.01. The molecule has 0 bridgehead atoms. The molecule has 1 aromatic heterocycles. The Kier molecular flexibility index (Phi) is 4.51. The van der Waals surface area contributed by atoms with Gasteiger partial charge in [-0.15, -0.1) is 0 Å². The molecule has 0 saturated carbocycles. The van der Waals surface area contributed by atoms with Crippen LogP contribution in [-0.4, -0.2) is 22.0 Å². The Morgan fingerprint density at radius 1 is 1.12 bits per heavy atom. The second kappa shape index (κ2) is 6.74. The molecule has 5 nitrogen and oxygen atoms in total. The molecule has 2 N–H and O–H groups in total. The van der Waals surface area contributed by atoms with E-state index in [0.29, 0.717) is 5.75 Å². The molecule has 2 atom stereocenters. The molecule has 0 aliphatic rings. The Balaban J connectivity index is 1.63. The summed E-state index contributed by atoms with van der Waals surface area (Å²) >= 11 is 0. The third kappa shape index (κ3) is 3.56. The first kappa shape index (κ1) is 16.1. The zero-order valence-corrected chi connectivity index (χ0v) is 14.0. The van der Waals surface area contributed by atoms with Gasteiger partial charge in [0.25, 0.3) is 5.91 Å². The molecule has 1 unspecified atom stereocenters. The van der Waals surface area contributed by atoms with E-state index in [2.05, 4.69) is 15.3 Å². The van der Waals surface area contributed by atoms with Crippen molar-refractivity contribution in [1.82, 2.24) is 15.3 Å². The number of aryl methyl sites for hydroxylation is 1. The SMILES string of the molecule is Cc1ccc(OC(C)C(=O)N[C@@H](C)c2nc3ccccc3[nH]2)cc1. The lowest BCUT2D eigenvalue weighted by molar-refractivity contribution is -0.128. The summed E-state index contributed by atoms with van der Waals surface area (Å²) in [6, 6.07) is 15.2. The minimum absolute atomic E-state index is 0.177. The Morgan fingerprint density at radius 3 is 2.54 bits per heavy atom. The van der Waals surface area contributed by atoms with Crippen LogP contribution in [0.15, 0.2) is 48.5 Å². The normalized spacial score (nSPS) is 13.5. The first-order valence-electron chi connectivity index (χ1n) is 8.01. The van der Waals surface area contributed by atoms with Gasteiger partial charge in [0.05, 0.1) is 17.1 Å². The van der Waals surface area contributed by atoms with Crippen LogP contribution in [0.4, 0.5) is 0 Å². The predicted octanol–water partition coefficient (Wildman–Crippen LogP) is 3.52. The summed E-state index contributed by atoms with van der Waals surface area (Å²) in [5.41, 5.74) is 2.99. The maximum atomic E-state index is 12.3. The lowest BCUT2D eigenvalue weighted by Gasteiger charge is -2.17. The number of nitrogens with zero attached hydrogens (tertiary/aromatic N) is 1. The van der Waals surface area contributed by atoms with Crippen LogP contribution in [0.2, 0.25) is 0 Å². The molecular weight excluding hydrogens is 302 g/mol. The van der Waals surface area contributed by atoms with Gasteiger partial charge >= 0.3 is 0 Å². The fourth-order valence-electron chi connectivity index (χ4n) is 2.45.